The first-order valence-electron chi connectivity index (χ1n) is 7.65. The summed E-state index contributed by atoms with van der Waals surface area (Å²) in [5, 5.41) is 7.12. The molecule has 3 rings (SSSR count). The molecule has 0 aromatic heterocycles. The van der Waals surface area contributed by atoms with E-state index in [1.807, 2.05) is 12.1 Å². The Bertz CT molecular complexity index is 537. The molecule has 1 aromatic carbocycles. The number of benzene rings is 1. The van der Waals surface area contributed by atoms with Gasteiger partial charge >= 0.3 is 0 Å². The average Bonchev–Trinajstić information content (AvgIpc) is 2.50. The summed E-state index contributed by atoms with van der Waals surface area (Å²) >= 11 is 9.41. The summed E-state index contributed by atoms with van der Waals surface area (Å²) in [5.41, 5.74) is 0.751. The Balaban J connectivity index is 1.61. The van der Waals surface area contributed by atoms with E-state index in [-0.39, 0.29) is 11.9 Å². The molecule has 1 saturated carbocycles. The first-order valence-corrected chi connectivity index (χ1v) is 8.82. The van der Waals surface area contributed by atoms with Gasteiger partial charge in [-0.3, -0.25) is 4.79 Å². The highest BCUT2D eigenvalue weighted by Crippen LogP contribution is 2.32. The number of nitrogens with one attached hydrogen (secondary N) is 2. The minimum absolute atomic E-state index is 0.0532. The molecule has 1 heterocycles. The fraction of sp³-hybridized carbons (Fsp3) is 0.562. The molecule has 0 radical (unpaired) electrons. The molecule has 3 unspecified atom stereocenters. The summed E-state index contributed by atoms with van der Waals surface area (Å²) in [6.45, 7) is 0. The minimum atomic E-state index is -0.0771. The van der Waals surface area contributed by atoms with E-state index in [0.29, 0.717) is 11.1 Å². The van der Waals surface area contributed by atoms with Gasteiger partial charge < -0.3 is 10.6 Å². The molecule has 21 heavy (non-hydrogen) atoms. The number of hydrogen-bond donors (Lipinski definition) is 2. The first-order chi connectivity index (χ1) is 10.1. The second-order valence-corrected chi connectivity index (χ2v) is 7.33. The summed E-state index contributed by atoms with van der Waals surface area (Å²) < 4.78 is 0.836. The van der Waals surface area contributed by atoms with Crippen LogP contribution in [0.3, 0.4) is 0 Å². The molecular formula is C16H20BrClN2O. The fourth-order valence-electron chi connectivity index (χ4n) is 3.51. The Morgan fingerprint density at radius 3 is 2.86 bits per heavy atom. The van der Waals surface area contributed by atoms with Crippen molar-refractivity contribution < 1.29 is 4.79 Å². The third kappa shape index (κ3) is 3.61. The van der Waals surface area contributed by atoms with Gasteiger partial charge in [-0.05, 0) is 65.7 Å². The lowest BCUT2D eigenvalue weighted by atomic mass is 9.77. The van der Waals surface area contributed by atoms with E-state index in [1.54, 1.807) is 6.07 Å². The van der Waals surface area contributed by atoms with Crippen molar-refractivity contribution in [1.29, 1.82) is 0 Å². The number of amides is 1. The molecule has 2 fully saturated rings. The van der Waals surface area contributed by atoms with Gasteiger partial charge in [-0.1, -0.05) is 24.4 Å². The zero-order valence-electron chi connectivity index (χ0n) is 11.9. The molecule has 1 aliphatic heterocycles. The standard InChI is InChI=1S/C16H20BrClN2O/c17-12-7-6-11(9-13(12)18)19-16(21)15-8-5-10-3-1-2-4-14(10)20-15/h6-7,9-10,14-15,20H,1-5,8H2,(H,19,21). The third-order valence-corrected chi connectivity index (χ3v) is 5.89. The van der Waals surface area contributed by atoms with Crippen LogP contribution in [0.25, 0.3) is 0 Å². The summed E-state index contributed by atoms with van der Waals surface area (Å²) in [7, 11) is 0. The molecule has 2 aliphatic rings. The molecule has 0 bridgehead atoms. The predicted molar refractivity (Wildman–Crippen MR) is 89.7 cm³/mol. The van der Waals surface area contributed by atoms with Crippen molar-refractivity contribution in [2.24, 2.45) is 5.92 Å². The van der Waals surface area contributed by atoms with E-state index in [2.05, 4.69) is 26.6 Å². The van der Waals surface area contributed by atoms with Crippen molar-refractivity contribution in [2.45, 2.75) is 50.6 Å². The second-order valence-electron chi connectivity index (χ2n) is 6.07. The zero-order chi connectivity index (χ0) is 14.8. The molecule has 1 aliphatic carbocycles. The van der Waals surface area contributed by atoms with Gasteiger partial charge in [-0.25, -0.2) is 0 Å². The number of halogens is 2. The van der Waals surface area contributed by atoms with Crippen LogP contribution in [0.4, 0.5) is 5.69 Å². The maximum Gasteiger partial charge on any atom is 0.241 e. The van der Waals surface area contributed by atoms with Crippen molar-refractivity contribution in [3.63, 3.8) is 0 Å². The fourth-order valence-corrected chi connectivity index (χ4v) is 3.93. The van der Waals surface area contributed by atoms with Crippen LogP contribution < -0.4 is 10.6 Å². The quantitative estimate of drug-likeness (QED) is 0.811. The predicted octanol–water partition coefficient (Wildman–Crippen LogP) is 4.35. The van der Waals surface area contributed by atoms with Gasteiger partial charge in [0.15, 0.2) is 0 Å². The summed E-state index contributed by atoms with van der Waals surface area (Å²) in [4.78, 5) is 12.4. The highest BCUT2D eigenvalue weighted by atomic mass is 79.9. The van der Waals surface area contributed by atoms with Crippen molar-refractivity contribution in [2.75, 3.05) is 5.32 Å². The maximum absolute atomic E-state index is 12.4. The molecule has 0 spiro atoms. The lowest BCUT2D eigenvalue weighted by molar-refractivity contribution is -0.119. The Hall–Kier alpha value is -0.580. The van der Waals surface area contributed by atoms with Crippen LogP contribution in [0.15, 0.2) is 22.7 Å². The normalized spacial score (nSPS) is 28.8. The van der Waals surface area contributed by atoms with Gasteiger partial charge in [0.25, 0.3) is 0 Å². The first kappa shape index (κ1) is 15.3. The van der Waals surface area contributed by atoms with Crippen molar-refractivity contribution in [1.82, 2.24) is 5.32 Å². The third-order valence-electron chi connectivity index (χ3n) is 4.65. The minimum Gasteiger partial charge on any atom is -0.325 e. The molecule has 2 N–H and O–H groups in total. The van der Waals surface area contributed by atoms with E-state index in [9.17, 15) is 4.79 Å². The van der Waals surface area contributed by atoms with Gasteiger partial charge in [0.1, 0.15) is 0 Å². The number of rotatable bonds is 2. The Morgan fingerprint density at radius 1 is 1.24 bits per heavy atom. The summed E-state index contributed by atoms with van der Waals surface area (Å²) in [6, 6.07) is 5.93. The lowest BCUT2D eigenvalue weighted by Gasteiger charge is -2.39. The van der Waals surface area contributed by atoms with Crippen LogP contribution in [0, 0.1) is 5.92 Å². The van der Waals surface area contributed by atoms with Gasteiger partial charge in [-0.2, -0.15) is 0 Å². The molecule has 114 valence electrons. The van der Waals surface area contributed by atoms with Gasteiger partial charge in [0.2, 0.25) is 5.91 Å². The highest BCUT2D eigenvalue weighted by Gasteiger charge is 2.34. The van der Waals surface area contributed by atoms with Crippen LogP contribution in [0.2, 0.25) is 5.02 Å². The van der Waals surface area contributed by atoms with Crippen LogP contribution >= 0.6 is 27.5 Å². The largest absolute Gasteiger partial charge is 0.325 e. The van der Waals surface area contributed by atoms with Crippen molar-refractivity contribution >= 4 is 39.1 Å². The summed E-state index contributed by atoms with van der Waals surface area (Å²) in [5.74, 6) is 0.822. The SMILES string of the molecule is O=C(Nc1ccc(Br)c(Cl)c1)C1CCC2CCCCC2N1. The number of carbonyl (C=O) groups excluding carboxylic acids is 1. The number of anilines is 1. The number of piperidine rings is 1. The lowest BCUT2D eigenvalue weighted by Crippen LogP contribution is -2.53. The van der Waals surface area contributed by atoms with Crippen molar-refractivity contribution in [3.8, 4) is 0 Å². The molecule has 3 atom stereocenters. The average molecular weight is 372 g/mol. The Kier molecular flexibility index (Phi) is 4.87. The zero-order valence-corrected chi connectivity index (χ0v) is 14.2. The monoisotopic (exact) mass is 370 g/mol. The Labute approximate surface area is 139 Å². The Morgan fingerprint density at radius 2 is 2.05 bits per heavy atom. The molecule has 1 amide bonds. The van der Waals surface area contributed by atoms with Gasteiger partial charge in [0, 0.05) is 16.2 Å². The maximum atomic E-state index is 12.4. The molecule has 3 nitrogen and oxygen atoms in total. The van der Waals surface area contributed by atoms with Gasteiger partial charge in [0.05, 0.1) is 11.1 Å². The smallest absolute Gasteiger partial charge is 0.241 e. The topological polar surface area (TPSA) is 41.1 Å². The number of hydrogen-bond acceptors (Lipinski definition) is 2. The van der Waals surface area contributed by atoms with Crippen LogP contribution in [-0.2, 0) is 4.79 Å². The van der Waals surface area contributed by atoms with E-state index < -0.39 is 0 Å². The van der Waals surface area contributed by atoms with E-state index in [1.165, 1.54) is 25.7 Å². The van der Waals surface area contributed by atoms with E-state index >= 15 is 0 Å². The number of fused-ring (bicyclic) bond motifs is 1. The van der Waals surface area contributed by atoms with Crippen molar-refractivity contribution in [3.05, 3.63) is 27.7 Å². The second kappa shape index (κ2) is 6.67. The van der Waals surface area contributed by atoms with E-state index in [0.717, 1.165) is 28.9 Å². The molecule has 5 heteroatoms. The molecule has 1 aromatic rings. The highest BCUT2D eigenvalue weighted by molar-refractivity contribution is 9.10. The number of carbonyl (C=O) groups is 1. The summed E-state index contributed by atoms with van der Waals surface area (Å²) in [6.07, 6.45) is 7.24. The van der Waals surface area contributed by atoms with Crippen LogP contribution in [0.1, 0.15) is 38.5 Å². The van der Waals surface area contributed by atoms with Crippen LogP contribution in [-0.4, -0.2) is 18.0 Å². The molecular weight excluding hydrogens is 352 g/mol. The van der Waals surface area contributed by atoms with Gasteiger partial charge in [-0.15, -0.1) is 0 Å². The molecule has 1 saturated heterocycles. The van der Waals surface area contributed by atoms with E-state index in [4.69, 9.17) is 11.6 Å². The van der Waals surface area contributed by atoms with Crippen LogP contribution in [0.5, 0.6) is 0 Å².